The van der Waals surface area contributed by atoms with Gasteiger partial charge in [0, 0.05) is 24.0 Å². The fourth-order valence-corrected chi connectivity index (χ4v) is 6.54. The number of esters is 1. The minimum Gasteiger partial charge on any atom is -0.457 e. The minimum absolute atomic E-state index is 0.0409. The van der Waals surface area contributed by atoms with Crippen LogP contribution < -0.4 is 4.72 Å². The van der Waals surface area contributed by atoms with E-state index in [1.54, 1.807) is 6.92 Å². The van der Waals surface area contributed by atoms with Crippen LogP contribution in [0, 0.1) is 5.92 Å². The lowest BCUT2D eigenvalue weighted by molar-refractivity contribution is -0.156. The third-order valence-corrected chi connectivity index (χ3v) is 9.76. The summed E-state index contributed by atoms with van der Waals surface area (Å²) >= 11 is 0. The molecule has 1 aliphatic carbocycles. The SMILES string of the molecule is C[C@@H](OC(=O)C1(N=[N+]=[N-])CN(S(=O)(=O)NC2CC2)C[C@@H]1CCCB1OC(C)(C)C(C)(C)O1)c1ccccc1. The molecule has 0 amide bonds. The van der Waals surface area contributed by atoms with Crippen LogP contribution in [0.15, 0.2) is 35.4 Å². The van der Waals surface area contributed by atoms with E-state index in [4.69, 9.17) is 14.0 Å². The third kappa shape index (κ3) is 6.03. The molecule has 3 aliphatic rings. The zero-order chi connectivity index (χ0) is 27.8. The molecule has 2 saturated heterocycles. The van der Waals surface area contributed by atoms with Crippen LogP contribution >= 0.6 is 0 Å². The summed E-state index contributed by atoms with van der Waals surface area (Å²) in [5.74, 6) is -1.30. The Kier molecular flexibility index (Phi) is 8.19. The summed E-state index contributed by atoms with van der Waals surface area (Å²) in [6.07, 6.45) is 2.52. The molecule has 4 rings (SSSR count). The molecule has 2 aliphatic heterocycles. The second-order valence-electron chi connectivity index (χ2n) is 11.6. The second kappa shape index (κ2) is 10.8. The van der Waals surface area contributed by atoms with Gasteiger partial charge in [0.2, 0.25) is 0 Å². The first kappa shape index (κ1) is 28.9. The van der Waals surface area contributed by atoms with Gasteiger partial charge in [-0.05, 0) is 77.2 Å². The van der Waals surface area contributed by atoms with Gasteiger partial charge in [-0.2, -0.15) is 17.4 Å². The summed E-state index contributed by atoms with van der Waals surface area (Å²) < 4.78 is 48.1. The molecule has 11 nitrogen and oxygen atoms in total. The van der Waals surface area contributed by atoms with Crippen LogP contribution in [0.2, 0.25) is 6.32 Å². The van der Waals surface area contributed by atoms with Crippen molar-refractivity contribution in [3.8, 4) is 0 Å². The molecule has 1 N–H and O–H groups in total. The maximum absolute atomic E-state index is 13.7. The van der Waals surface area contributed by atoms with Gasteiger partial charge in [-0.15, -0.1) is 0 Å². The number of hydrogen-bond donors (Lipinski definition) is 1. The van der Waals surface area contributed by atoms with E-state index < -0.39 is 52.1 Å². The number of rotatable bonds is 11. The highest BCUT2D eigenvalue weighted by atomic mass is 32.2. The lowest BCUT2D eigenvalue weighted by atomic mass is 9.78. The van der Waals surface area contributed by atoms with Gasteiger partial charge < -0.3 is 14.0 Å². The minimum atomic E-state index is -3.86. The zero-order valence-corrected chi connectivity index (χ0v) is 23.6. The average Bonchev–Trinajstić information content (AvgIpc) is 3.51. The van der Waals surface area contributed by atoms with E-state index in [2.05, 4.69) is 14.7 Å². The van der Waals surface area contributed by atoms with E-state index in [9.17, 15) is 18.7 Å². The van der Waals surface area contributed by atoms with Crippen molar-refractivity contribution in [3.63, 3.8) is 0 Å². The van der Waals surface area contributed by atoms with Gasteiger partial charge in [0.25, 0.3) is 10.2 Å². The zero-order valence-electron chi connectivity index (χ0n) is 22.8. The van der Waals surface area contributed by atoms with Gasteiger partial charge in [-0.25, -0.2) is 0 Å². The summed E-state index contributed by atoms with van der Waals surface area (Å²) in [6.45, 7) is 9.43. The van der Waals surface area contributed by atoms with Crippen molar-refractivity contribution in [2.45, 2.75) is 95.5 Å². The van der Waals surface area contributed by atoms with Crippen LogP contribution in [0.1, 0.15) is 72.0 Å². The summed E-state index contributed by atoms with van der Waals surface area (Å²) in [5, 5.41) is 3.95. The van der Waals surface area contributed by atoms with Gasteiger partial charge in [-0.3, -0.25) is 4.79 Å². The number of benzene rings is 1. The molecular weight excluding hydrogens is 509 g/mol. The predicted octanol–water partition coefficient (Wildman–Crippen LogP) is 4.14. The first-order chi connectivity index (χ1) is 17.8. The maximum Gasteiger partial charge on any atom is 0.457 e. The van der Waals surface area contributed by atoms with Crippen molar-refractivity contribution in [2.24, 2.45) is 11.0 Å². The van der Waals surface area contributed by atoms with Crippen molar-refractivity contribution in [2.75, 3.05) is 13.1 Å². The lowest BCUT2D eigenvalue weighted by Gasteiger charge is -2.32. The normalized spacial score (nSPS) is 27.6. The van der Waals surface area contributed by atoms with Crippen LogP contribution in [0.3, 0.4) is 0 Å². The number of azide groups is 1. The molecule has 1 aromatic carbocycles. The first-order valence-corrected chi connectivity index (χ1v) is 14.7. The summed E-state index contributed by atoms with van der Waals surface area (Å²) in [6, 6.07) is 9.13. The van der Waals surface area contributed by atoms with Gasteiger partial charge in [0.1, 0.15) is 6.10 Å². The van der Waals surface area contributed by atoms with Crippen LogP contribution in [-0.2, 0) is 29.0 Å². The molecule has 13 heteroatoms. The van der Waals surface area contributed by atoms with E-state index in [0.717, 1.165) is 18.4 Å². The standard InChI is InChI=1S/C25H38BN5O6S/c1-18(19-10-7-6-8-11-19)35-22(32)25(29-30-27)17-31(38(33,34)28-21-13-14-21)16-20(25)12-9-15-26-36-23(2,3)24(4,5)37-26/h6-8,10-11,18,20-21,28H,9,12-17H2,1-5H3/t18-,20+,25?/m1/s1. The predicted molar refractivity (Wildman–Crippen MR) is 143 cm³/mol. The number of nitrogens with zero attached hydrogens (tertiary/aromatic N) is 4. The van der Waals surface area contributed by atoms with Crippen LogP contribution in [-0.4, -0.2) is 61.7 Å². The molecule has 0 radical (unpaired) electrons. The van der Waals surface area contributed by atoms with Crippen molar-refractivity contribution < 1.29 is 27.3 Å². The topological polar surface area (TPSA) is 143 Å². The number of ether oxygens (including phenoxy) is 1. The second-order valence-corrected chi connectivity index (χ2v) is 13.3. The van der Waals surface area contributed by atoms with E-state index in [0.29, 0.717) is 19.2 Å². The summed E-state index contributed by atoms with van der Waals surface area (Å²) in [5.41, 5.74) is 7.67. The molecule has 0 bridgehead atoms. The quantitative estimate of drug-likeness (QED) is 0.145. The Hall–Kier alpha value is -2.15. The number of hydrogen-bond acceptors (Lipinski definition) is 7. The Morgan fingerprint density at radius 1 is 1.24 bits per heavy atom. The number of carbonyl (C=O) groups is 1. The van der Waals surface area contributed by atoms with Crippen molar-refractivity contribution >= 4 is 23.3 Å². The third-order valence-electron chi connectivity index (χ3n) is 8.17. The average molecular weight is 547 g/mol. The maximum atomic E-state index is 13.7. The van der Waals surface area contributed by atoms with Gasteiger partial charge in [0.15, 0.2) is 5.54 Å². The lowest BCUT2D eigenvalue weighted by Crippen LogP contribution is -2.47. The highest BCUT2D eigenvalue weighted by Crippen LogP contribution is 2.41. The van der Waals surface area contributed by atoms with E-state index in [-0.39, 0.29) is 19.1 Å². The van der Waals surface area contributed by atoms with Crippen molar-refractivity contribution in [1.29, 1.82) is 0 Å². The Morgan fingerprint density at radius 3 is 2.45 bits per heavy atom. The van der Waals surface area contributed by atoms with E-state index >= 15 is 0 Å². The van der Waals surface area contributed by atoms with Crippen LogP contribution in [0.4, 0.5) is 0 Å². The molecule has 0 aromatic heterocycles. The molecule has 2 heterocycles. The van der Waals surface area contributed by atoms with Gasteiger partial charge in [-0.1, -0.05) is 41.9 Å². The monoisotopic (exact) mass is 547 g/mol. The Morgan fingerprint density at radius 2 is 1.87 bits per heavy atom. The van der Waals surface area contributed by atoms with Crippen molar-refractivity contribution in [3.05, 3.63) is 46.3 Å². The highest BCUT2D eigenvalue weighted by molar-refractivity contribution is 7.87. The Balaban J connectivity index is 1.53. The number of carbonyl (C=O) groups excluding carboxylic acids is 1. The van der Waals surface area contributed by atoms with Crippen LogP contribution in [0.25, 0.3) is 10.4 Å². The summed E-state index contributed by atoms with van der Waals surface area (Å²) in [4.78, 5) is 16.7. The van der Waals surface area contributed by atoms with Gasteiger partial charge >= 0.3 is 13.1 Å². The molecule has 1 saturated carbocycles. The van der Waals surface area contributed by atoms with E-state index in [1.165, 1.54) is 4.31 Å². The fourth-order valence-electron chi connectivity index (χ4n) is 4.99. The highest BCUT2D eigenvalue weighted by Gasteiger charge is 2.57. The molecule has 208 valence electrons. The molecule has 38 heavy (non-hydrogen) atoms. The van der Waals surface area contributed by atoms with Crippen molar-refractivity contribution in [1.82, 2.24) is 9.03 Å². The molecule has 3 fully saturated rings. The molecule has 1 aromatic rings. The molecule has 0 spiro atoms. The molecule has 1 unspecified atom stereocenters. The molecular formula is C25H38BN5O6S. The van der Waals surface area contributed by atoms with Gasteiger partial charge in [0.05, 0.1) is 11.2 Å². The largest absolute Gasteiger partial charge is 0.457 e. The van der Waals surface area contributed by atoms with E-state index in [1.807, 2.05) is 58.0 Å². The molecule has 3 atom stereocenters. The number of nitrogens with one attached hydrogen (secondary N) is 1. The van der Waals surface area contributed by atoms with Crippen LogP contribution in [0.5, 0.6) is 0 Å². The first-order valence-electron chi connectivity index (χ1n) is 13.2. The summed E-state index contributed by atoms with van der Waals surface area (Å²) in [7, 11) is -4.28. The Bertz CT molecular complexity index is 1160. The fraction of sp³-hybridized carbons (Fsp3) is 0.720. The Labute approximate surface area is 225 Å². The smallest absolute Gasteiger partial charge is 0.457 e.